The number of nitrogens with zero attached hydrogens (tertiary/aromatic N) is 1. The maximum atomic E-state index is 13.5. The van der Waals surface area contributed by atoms with Gasteiger partial charge in [0.25, 0.3) is 0 Å². The molecule has 4 N–H and O–H groups in total. The molecule has 2 saturated heterocycles. The van der Waals surface area contributed by atoms with Crippen molar-refractivity contribution in [2.75, 3.05) is 13.2 Å². The molecule has 0 spiro atoms. The smallest absolute Gasteiger partial charge is 0.316 e. The van der Waals surface area contributed by atoms with Crippen molar-refractivity contribution in [1.82, 2.24) is 15.5 Å². The Kier molecular flexibility index (Phi) is 11.9. The standard InChI is InChI=1S/C42H55N3O5/c1-29(2)39(42(49,32-14-8-4-9-15-32)33-16-10-5-11-17-33)44-41(48)43-34-20-18-30(19-21-34)24-25-45-35-22-23-36(45)27-37(26-35)50-40(47)38(28-46)31-12-6-3-7-13-31/h3-17,29-30,34-39,46,49H,18-28H2,1-2H3,(H2,43,44,48)/t30?,34?,35-,36+,37?,38?,39-/m0/s1. The van der Waals surface area contributed by atoms with Crippen LogP contribution in [-0.2, 0) is 15.1 Å². The first-order valence-electron chi connectivity index (χ1n) is 18.8. The molecule has 3 aromatic rings. The van der Waals surface area contributed by atoms with Gasteiger partial charge in [-0.2, -0.15) is 0 Å². The van der Waals surface area contributed by atoms with E-state index in [2.05, 4.69) is 15.5 Å². The van der Waals surface area contributed by atoms with Crippen molar-refractivity contribution < 1.29 is 24.5 Å². The summed E-state index contributed by atoms with van der Waals surface area (Å²) in [7, 11) is 0. The lowest BCUT2D eigenvalue weighted by atomic mass is 9.76. The van der Waals surface area contributed by atoms with Gasteiger partial charge in [-0.25, -0.2) is 4.79 Å². The zero-order valence-corrected chi connectivity index (χ0v) is 29.6. The fraction of sp³-hybridized carbons (Fsp3) is 0.524. The van der Waals surface area contributed by atoms with Gasteiger partial charge >= 0.3 is 12.0 Å². The molecule has 0 aromatic heterocycles. The summed E-state index contributed by atoms with van der Waals surface area (Å²) in [4.78, 5) is 29.1. The third kappa shape index (κ3) is 8.25. The van der Waals surface area contributed by atoms with E-state index in [1.165, 1.54) is 0 Å². The van der Waals surface area contributed by atoms with Gasteiger partial charge < -0.3 is 25.6 Å². The first-order valence-corrected chi connectivity index (χ1v) is 18.8. The number of aliphatic hydroxyl groups is 2. The number of carbonyl (C=O) groups excluding carboxylic acids is 2. The predicted octanol–water partition coefficient (Wildman–Crippen LogP) is 6.51. The fourth-order valence-corrected chi connectivity index (χ4v) is 8.89. The highest BCUT2D eigenvalue weighted by atomic mass is 16.5. The topological polar surface area (TPSA) is 111 Å². The third-order valence-electron chi connectivity index (χ3n) is 11.6. The second-order valence-corrected chi connectivity index (χ2v) is 15.1. The van der Waals surface area contributed by atoms with Gasteiger partial charge in [-0.05, 0) is 80.0 Å². The molecule has 3 fully saturated rings. The van der Waals surface area contributed by atoms with Crippen molar-refractivity contribution in [2.24, 2.45) is 11.8 Å². The van der Waals surface area contributed by atoms with Crippen molar-refractivity contribution in [3.8, 4) is 0 Å². The lowest BCUT2D eigenvalue weighted by molar-refractivity contribution is -0.155. The molecule has 0 radical (unpaired) electrons. The maximum absolute atomic E-state index is 13.5. The number of rotatable bonds is 13. The highest BCUT2D eigenvalue weighted by molar-refractivity contribution is 5.78. The number of carbonyl (C=O) groups is 2. The van der Waals surface area contributed by atoms with Crippen LogP contribution in [0.2, 0.25) is 0 Å². The summed E-state index contributed by atoms with van der Waals surface area (Å²) >= 11 is 0. The molecule has 2 amide bonds. The number of aliphatic hydroxyl groups excluding tert-OH is 1. The number of hydrogen-bond acceptors (Lipinski definition) is 6. The first kappa shape index (κ1) is 36.1. The van der Waals surface area contributed by atoms with Gasteiger partial charge in [0.2, 0.25) is 0 Å². The van der Waals surface area contributed by atoms with E-state index in [0.717, 1.165) is 81.0 Å². The number of piperidine rings is 1. The summed E-state index contributed by atoms with van der Waals surface area (Å²) in [5.41, 5.74) is 0.917. The molecule has 268 valence electrons. The minimum absolute atomic E-state index is 0.0268. The van der Waals surface area contributed by atoms with E-state index in [0.29, 0.717) is 18.0 Å². The Morgan fingerprint density at radius 2 is 1.36 bits per heavy atom. The van der Waals surface area contributed by atoms with Gasteiger partial charge in [-0.3, -0.25) is 9.69 Å². The minimum Gasteiger partial charge on any atom is -0.462 e. The maximum Gasteiger partial charge on any atom is 0.316 e. The zero-order chi connectivity index (χ0) is 35.1. The van der Waals surface area contributed by atoms with E-state index in [-0.39, 0.29) is 36.7 Å². The SMILES string of the molecule is CC(C)[C@H](NC(=O)NC1CCC(CCN2[C@@H]3CC[C@H]2CC(OC(=O)C(CO)c2ccccc2)C3)CC1)C(O)(c1ccccc1)c1ccccc1. The van der Waals surface area contributed by atoms with Crippen LogP contribution in [0.5, 0.6) is 0 Å². The molecule has 8 heteroatoms. The van der Waals surface area contributed by atoms with E-state index in [1.54, 1.807) is 0 Å². The monoisotopic (exact) mass is 681 g/mol. The van der Waals surface area contributed by atoms with Crippen LogP contribution in [0.3, 0.4) is 0 Å². The highest BCUT2D eigenvalue weighted by Gasteiger charge is 2.44. The normalized spacial score (nSPS) is 25.1. The second kappa shape index (κ2) is 16.5. The van der Waals surface area contributed by atoms with Crippen molar-refractivity contribution in [2.45, 2.75) is 113 Å². The molecule has 1 saturated carbocycles. The molecule has 3 aromatic carbocycles. The summed E-state index contributed by atoms with van der Waals surface area (Å²) in [5.74, 6) is -0.350. The number of hydrogen-bond donors (Lipinski definition) is 4. The zero-order valence-electron chi connectivity index (χ0n) is 29.6. The quantitative estimate of drug-likeness (QED) is 0.153. The van der Waals surface area contributed by atoms with Gasteiger partial charge in [0.1, 0.15) is 17.6 Å². The molecule has 8 nitrogen and oxygen atoms in total. The van der Waals surface area contributed by atoms with Crippen LogP contribution in [0.4, 0.5) is 4.79 Å². The van der Waals surface area contributed by atoms with Crippen LogP contribution in [0, 0.1) is 11.8 Å². The van der Waals surface area contributed by atoms with Crippen molar-refractivity contribution in [3.63, 3.8) is 0 Å². The summed E-state index contributed by atoms with van der Waals surface area (Å²) in [6.07, 6.45) is 9.14. The number of urea groups is 1. The number of nitrogens with one attached hydrogen (secondary N) is 2. The molecular weight excluding hydrogens is 626 g/mol. The van der Waals surface area contributed by atoms with Gasteiger partial charge in [-0.1, -0.05) is 105 Å². The molecule has 6 rings (SSSR count). The van der Waals surface area contributed by atoms with Gasteiger partial charge in [-0.15, -0.1) is 0 Å². The van der Waals surface area contributed by atoms with E-state index in [1.807, 2.05) is 105 Å². The van der Waals surface area contributed by atoms with Gasteiger partial charge in [0.05, 0.1) is 12.6 Å². The van der Waals surface area contributed by atoms with Crippen molar-refractivity contribution in [1.29, 1.82) is 0 Å². The number of ether oxygens (including phenoxy) is 1. The Hall–Kier alpha value is -3.72. The van der Waals surface area contributed by atoms with Gasteiger partial charge in [0.15, 0.2) is 0 Å². The van der Waals surface area contributed by atoms with Crippen LogP contribution in [0.15, 0.2) is 91.0 Å². The van der Waals surface area contributed by atoms with E-state index in [4.69, 9.17) is 4.74 Å². The molecule has 2 unspecified atom stereocenters. The lowest BCUT2D eigenvalue weighted by Gasteiger charge is -2.41. The molecule has 2 bridgehead atoms. The highest BCUT2D eigenvalue weighted by Crippen LogP contribution is 2.39. The second-order valence-electron chi connectivity index (χ2n) is 15.1. The van der Waals surface area contributed by atoms with Crippen LogP contribution in [0.1, 0.15) is 94.2 Å². The predicted molar refractivity (Wildman–Crippen MR) is 195 cm³/mol. The number of fused-ring (bicyclic) bond motifs is 2. The minimum atomic E-state index is -1.38. The van der Waals surface area contributed by atoms with Crippen LogP contribution in [0.25, 0.3) is 0 Å². The average Bonchev–Trinajstić information content (AvgIpc) is 3.38. The van der Waals surface area contributed by atoms with E-state index < -0.39 is 17.6 Å². The fourth-order valence-electron chi connectivity index (χ4n) is 8.89. The first-order chi connectivity index (χ1) is 24.3. The molecule has 5 atom stereocenters. The molecule has 2 aliphatic heterocycles. The Bertz CT molecular complexity index is 1460. The summed E-state index contributed by atoms with van der Waals surface area (Å²) in [6, 6.07) is 28.9. The van der Waals surface area contributed by atoms with Crippen LogP contribution < -0.4 is 10.6 Å². The molecular formula is C42H55N3O5. The van der Waals surface area contributed by atoms with Crippen LogP contribution >= 0.6 is 0 Å². The third-order valence-corrected chi connectivity index (χ3v) is 11.6. The lowest BCUT2D eigenvalue weighted by Crippen LogP contribution is -2.57. The Morgan fingerprint density at radius 1 is 0.820 bits per heavy atom. The number of esters is 1. The van der Waals surface area contributed by atoms with Crippen molar-refractivity contribution in [3.05, 3.63) is 108 Å². The van der Waals surface area contributed by atoms with Gasteiger partial charge in [0, 0.05) is 31.0 Å². The average molecular weight is 682 g/mol. The molecule has 3 aliphatic rings. The Labute approximate surface area is 297 Å². The largest absolute Gasteiger partial charge is 0.462 e. The van der Waals surface area contributed by atoms with E-state index in [9.17, 15) is 19.8 Å². The Balaban J connectivity index is 0.967. The molecule has 1 aliphatic carbocycles. The number of benzene rings is 3. The van der Waals surface area contributed by atoms with E-state index >= 15 is 0 Å². The summed E-state index contributed by atoms with van der Waals surface area (Å²) in [5, 5.41) is 28.7. The molecule has 2 heterocycles. The van der Waals surface area contributed by atoms with Crippen molar-refractivity contribution >= 4 is 12.0 Å². The Morgan fingerprint density at radius 3 is 1.88 bits per heavy atom. The van der Waals surface area contributed by atoms with Crippen LogP contribution in [-0.4, -0.2) is 70.5 Å². The number of amides is 2. The molecule has 50 heavy (non-hydrogen) atoms. The summed E-state index contributed by atoms with van der Waals surface area (Å²) < 4.78 is 5.99. The summed E-state index contributed by atoms with van der Waals surface area (Å²) in [6.45, 7) is 4.89.